The van der Waals surface area contributed by atoms with Crippen LogP contribution < -0.4 is 5.73 Å². The Balaban J connectivity index is 2.16. The molecule has 84 valence electrons. The normalized spacial score (nSPS) is 28.2. The number of aryl methyl sites for hydroxylation is 1. The number of nitrogens with two attached hydrogens (primary N) is 1. The average Bonchev–Trinajstić information content (AvgIpc) is 2.84. The number of rotatable bonds is 3. The standard InChI is InChI=1S/C11H19N3O/c1-3-14-6-5-13-11(14)9(12)10-8(2)4-7-15-10/h5-6,8-10H,3-4,7,12H2,1-2H3. The lowest BCUT2D eigenvalue weighted by Crippen LogP contribution is -2.32. The molecule has 1 aliphatic rings. The van der Waals surface area contributed by atoms with Gasteiger partial charge in [-0.3, -0.25) is 0 Å². The highest BCUT2D eigenvalue weighted by molar-refractivity contribution is 5.03. The summed E-state index contributed by atoms with van der Waals surface area (Å²) in [5.41, 5.74) is 6.20. The molecule has 15 heavy (non-hydrogen) atoms. The predicted molar refractivity (Wildman–Crippen MR) is 58.4 cm³/mol. The molecule has 2 rings (SSSR count). The molecule has 0 spiro atoms. The number of aromatic nitrogens is 2. The van der Waals surface area contributed by atoms with Gasteiger partial charge in [0.1, 0.15) is 5.82 Å². The van der Waals surface area contributed by atoms with Crippen LogP contribution in [0.15, 0.2) is 12.4 Å². The first kappa shape index (κ1) is 10.6. The smallest absolute Gasteiger partial charge is 0.128 e. The lowest BCUT2D eigenvalue weighted by Gasteiger charge is -2.22. The third kappa shape index (κ3) is 1.92. The maximum Gasteiger partial charge on any atom is 0.128 e. The van der Waals surface area contributed by atoms with Crippen LogP contribution in [0.2, 0.25) is 0 Å². The van der Waals surface area contributed by atoms with E-state index in [2.05, 4.69) is 23.4 Å². The second-order valence-corrected chi connectivity index (χ2v) is 4.20. The van der Waals surface area contributed by atoms with Gasteiger partial charge in [0, 0.05) is 25.5 Å². The summed E-state index contributed by atoms with van der Waals surface area (Å²) in [6.45, 7) is 6.02. The van der Waals surface area contributed by atoms with Crippen molar-refractivity contribution in [3.05, 3.63) is 18.2 Å². The Morgan fingerprint density at radius 2 is 2.53 bits per heavy atom. The molecule has 0 bridgehead atoms. The van der Waals surface area contributed by atoms with Gasteiger partial charge in [0.25, 0.3) is 0 Å². The molecule has 2 N–H and O–H groups in total. The summed E-state index contributed by atoms with van der Waals surface area (Å²) in [6.07, 6.45) is 5.00. The minimum Gasteiger partial charge on any atom is -0.376 e. The first-order chi connectivity index (χ1) is 7.24. The fraction of sp³-hybridized carbons (Fsp3) is 0.727. The molecule has 0 aromatic carbocycles. The highest BCUT2D eigenvalue weighted by atomic mass is 16.5. The van der Waals surface area contributed by atoms with Gasteiger partial charge in [0.15, 0.2) is 0 Å². The molecule has 2 heterocycles. The number of ether oxygens (including phenoxy) is 1. The predicted octanol–water partition coefficient (Wildman–Crippen LogP) is 1.33. The molecule has 0 saturated carbocycles. The van der Waals surface area contributed by atoms with Gasteiger partial charge in [-0.15, -0.1) is 0 Å². The molecule has 0 aliphatic carbocycles. The lowest BCUT2D eigenvalue weighted by molar-refractivity contribution is 0.0692. The van der Waals surface area contributed by atoms with E-state index < -0.39 is 0 Å². The minimum atomic E-state index is -0.0996. The van der Waals surface area contributed by atoms with Gasteiger partial charge in [-0.2, -0.15) is 0 Å². The molecule has 4 nitrogen and oxygen atoms in total. The Labute approximate surface area is 90.4 Å². The SMILES string of the molecule is CCn1ccnc1C(N)C1OCCC1C. The maximum atomic E-state index is 6.20. The molecule has 1 saturated heterocycles. The fourth-order valence-corrected chi connectivity index (χ4v) is 2.21. The number of hydrogen-bond acceptors (Lipinski definition) is 3. The van der Waals surface area contributed by atoms with Crippen molar-refractivity contribution in [1.82, 2.24) is 9.55 Å². The van der Waals surface area contributed by atoms with E-state index in [1.54, 1.807) is 6.20 Å². The Hall–Kier alpha value is -0.870. The molecule has 1 aromatic rings. The van der Waals surface area contributed by atoms with E-state index in [0.717, 1.165) is 25.4 Å². The fourth-order valence-electron chi connectivity index (χ4n) is 2.21. The summed E-state index contributed by atoms with van der Waals surface area (Å²) in [5.74, 6) is 1.47. The summed E-state index contributed by atoms with van der Waals surface area (Å²) in [7, 11) is 0. The molecule has 3 atom stereocenters. The molecule has 0 amide bonds. The van der Waals surface area contributed by atoms with Crippen LogP contribution in [0.4, 0.5) is 0 Å². The van der Waals surface area contributed by atoms with Crippen molar-refractivity contribution in [1.29, 1.82) is 0 Å². The third-order valence-corrected chi connectivity index (χ3v) is 3.18. The Morgan fingerprint density at radius 3 is 3.13 bits per heavy atom. The lowest BCUT2D eigenvalue weighted by atomic mass is 9.98. The number of imidazole rings is 1. The second-order valence-electron chi connectivity index (χ2n) is 4.20. The first-order valence-electron chi connectivity index (χ1n) is 5.62. The third-order valence-electron chi connectivity index (χ3n) is 3.18. The Morgan fingerprint density at radius 1 is 1.73 bits per heavy atom. The quantitative estimate of drug-likeness (QED) is 0.817. The second kappa shape index (κ2) is 4.33. The van der Waals surface area contributed by atoms with Crippen LogP contribution in [-0.2, 0) is 11.3 Å². The van der Waals surface area contributed by atoms with Crippen LogP contribution >= 0.6 is 0 Å². The number of nitrogens with zero attached hydrogens (tertiary/aromatic N) is 2. The van der Waals surface area contributed by atoms with E-state index in [4.69, 9.17) is 10.5 Å². The summed E-state index contributed by atoms with van der Waals surface area (Å²) in [6, 6.07) is -0.0996. The van der Waals surface area contributed by atoms with Gasteiger partial charge in [0.05, 0.1) is 12.1 Å². The van der Waals surface area contributed by atoms with Gasteiger partial charge in [-0.05, 0) is 19.3 Å². The Kier molecular flexibility index (Phi) is 3.07. The summed E-state index contributed by atoms with van der Waals surface area (Å²) < 4.78 is 7.75. The van der Waals surface area contributed by atoms with Gasteiger partial charge >= 0.3 is 0 Å². The maximum absolute atomic E-state index is 6.20. The van der Waals surface area contributed by atoms with Crippen molar-refractivity contribution in [2.45, 2.75) is 39.0 Å². The van der Waals surface area contributed by atoms with Gasteiger partial charge in [-0.1, -0.05) is 6.92 Å². The van der Waals surface area contributed by atoms with Crippen LogP contribution in [-0.4, -0.2) is 22.3 Å². The van der Waals surface area contributed by atoms with Crippen molar-refractivity contribution < 1.29 is 4.74 Å². The van der Waals surface area contributed by atoms with Crippen LogP contribution in [0, 0.1) is 5.92 Å². The van der Waals surface area contributed by atoms with E-state index in [-0.39, 0.29) is 12.1 Å². The molecular weight excluding hydrogens is 190 g/mol. The highest BCUT2D eigenvalue weighted by Gasteiger charge is 2.32. The zero-order valence-electron chi connectivity index (χ0n) is 9.39. The van der Waals surface area contributed by atoms with Gasteiger partial charge < -0.3 is 15.0 Å². The van der Waals surface area contributed by atoms with Crippen LogP contribution in [0.25, 0.3) is 0 Å². The van der Waals surface area contributed by atoms with Gasteiger partial charge in [-0.25, -0.2) is 4.98 Å². The monoisotopic (exact) mass is 209 g/mol. The molecule has 1 aliphatic heterocycles. The minimum absolute atomic E-state index is 0.0996. The zero-order valence-corrected chi connectivity index (χ0v) is 9.39. The summed E-state index contributed by atoms with van der Waals surface area (Å²) in [5, 5.41) is 0. The number of hydrogen-bond donors (Lipinski definition) is 1. The average molecular weight is 209 g/mol. The van der Waals surface area contributed by atoms with Crippen molar-refractivity contribution >= 4 is 0 Å². The van der Waals surface area contributed by atoms with Crippen LogP contribution in [0.5, 0.6) is 0 Å². The van der Waals surface area contributed by atoms with Gasteiger partial charge in [0.2, 0.25) is 0 Å². The summed E-state index contributed by atoms with van der Waals surface area (Å²) in [4.78, 5) is 4.32. The topological polar surface area (TPSA) is 53.1 Å². The van der Waals surface area contributed by atoms with E-state index >= 15 is 0 Å². The molecule has 1 fully saturated rings. The summed E-state index contributed by atoms with van der Waals surface area (Å²) >= 11 is 0. The molecule has 1 aromatic heterocycles. The molecule has 0 radical (unpaired) electrons. The van der Waals surface area contributed by atoms with Crippen molar-refractivity contribution in [3.63, 3.8) is 0 Å². The van der Waals surface area contributed by atoms with Crippen molar-refractivity contribution in [2.75, 3.05) is 6.61 Å². The molecule has 3 unspecified atom stereocenters. The van der Waals surface area contributed by atoms with Crippen molar-refractivity contribution in [3.8, 4) is 0 Å². The first-order valence-corrected chi connectivity index (χ1v) is 5.62. The Bertz CT molecular complexity index is 323. The van der Waals surface area contributed by atoms with E-state index in [1.807, 2.05) is 6.20 Å². The zero-order chi connectivity index (χ0) is 10.8. The highest BCUT2D eigenvalue weighted by Crippen LogP contribution is 2.28. The van der Waals surface area contributed by atoms with E-state index in [0.29, 0.717) is 5.92 Å². The van der Waals surface area contributed by atoms with E-state index in [1.165, 1.54) is 0 Å². The molecular formula is C11H19N3O. The van der Waals surface area contributed by atoms with Crippen molar-refractivity contribution in [2.24, 2.45) is 11.7 Å². The van der Waals surface area contributed by atoms with Crippen LogP contribution in [0.3, 0.4) is 0 Å². The van der Waals surface area contributed by atoms with E-state index in [9.17, 15) is 0 Å². The molecule has 4 heteroatoms. The van der Waals surface area contributed by atoms with Crippen LogP contribution in [0.1, 0.15) is 32.1 Å². The largest absolute Gasteiger partial charge is 0.376 e.